The Morgan fingerprint density at radius 1 is 1.20 bits per heavy atom. The number of benzene rings is 1. The molecule has 1 unspecified atom stereocenters. The molecule has 1 aliphatic rings. The summed E-state index contributed by atoms with van der Waals surface area (Å²) in [6.07, 6.45) is 2.77. The smallest absolute Gasteiger partial charge is 0.190 e. The van der Waals surface area contributed by atoms with E-state index in [-0.39, 0.29) is 29.8 Å². The Kier molecular flexibility index (Phi) is 10.3. The van der Waals surface area contributed by atoms with E-state index < -0.39 is 0 Å². The third-order valence-corrected chi connectivity index (χ3v) is 5.74. The highest BCUT2D eigenvalue weighted by molar-refractivity contribution is 14.0. The maximum atomic E-state index is 13.5. The Hall–Kier alpha value is -1.39. The van der Waals surface area contributed by atoms with Gasteiger partial charge in [-0.3, -0.25) is 4.99 Å². The molecular weight excluding hydrogens is 494 g/mol. The van der Waals surface area contributed by atoms with E-state index in [1.54, 1.807) is 19.2 Å². The Morgan fingerprint density at radius 2 is 1.93 bits per heavy atom. The zero-order chi connectivity index (χ0) is 20.6. The first kappa shape index (κ1) is 24.9. The standard InChI is InChI=1S/C22H35FN6.HI/c1-4-28-9-11-29(12-10-28)16-17(2)14-27-22(24-3)25-8-7-18-15-26-21-6-5-19(23)13-20(18)21;/h5-6,13,15,17,26H,4,7-12,14,16H2,1-3H3,(H2,24,25,27);1H. The maximum Gasteiger partial charge on any atom is 0.190 e. The minimum absolute atomic E-state index is 0. The van der Waals surface area contributed by atoms with Crippen LogP contribution in [0.15, 0.2) is 29.4 Å². The topological polar surface area (TPSA) is 58.7 Å². The molecule has 6 nitrogen and oxygen atoms in total. The van der Waals surface area contributed by atoms with E-state index in [2.05, 4.69) is 44.3 Å². The summed E-state index contributed by atoms with van der Waals surface area (Å²) in [6.45, 7) is 13.1. The summed E-state index contributed by atoms with van der Waals surface area (Å²) in [5.41, 5.74) is 2.08. The second-order valence-electron chi connectivity index (χ2n) is 7.97. The van der Waals surface area contributed by atoms with E-state index in [0.717, 1.165) is 68.1 Å². The summed E-state index contributed by atoms with van der Waals surface area (Å²) in [4.78, 5) is 12.6. The molecule has 0 spiro atoms. The molecule has 0 radical (unpaired) electrons. The molecule has 1 aromatic carbocycles. The minimum Gasteiger partial charge on any atom is -0.361 e. The summed E-state index contributed by atoms with van der Waals surface area (Å²) in [5.74, 6) is 1.17. The SMILES string of the molecule is CCN1CCN(CC(C)CNC(=NC)NCCc2c[nH]c3ccc(F)cc23)CC1.I. The Bertz CT molecular complexity index is 800. The lowest BCUT2D eigenvalue weighted by molar-refractivity contribution is 0.124. The molecule has 2 aromatic rings. The fourth-order valence-corrected chi connectivity index (χ4v) is 3.96. The van der Waals surface area contributed by atoms with Crippen LogP contribution >= 0.6 is 24.0 Å². The lowest BCUT2D eigenvalue weighted by atomic mass is 10.1. The number of halogens is 2. The number of aliphatic imine (C=N–C) groups is 1. The average molecular weight is 530 g/mol. The van der Waals surface area contributed by atoms with Crippen molar-refractivity contribution in [3.63, 3.8) is 0 Å². The number of nitrogens with one attached hydrogen (secondary N) is 3. The number of H-pyrrole nitrogens is 1. The van der Waals surface area contributed by atoms with Gasteiger partial charge in [-0.1, -0.05) is 13.8 Å². The lowest BCUT2D eigenvalue weighted by Crippen LogP contribution is -2.48. The van der Waals surface area contributed by atoms with E-state index in [1.165, 1.54) is 19.2 Å². The summed E-state index contributed by atoms with van der Waals surface area (Å²) >= 11 is 0. The molecule has 8 heteroatoms. The molecule has 3 N–H and O–H groups in total. The third-order valence-electron chi connectivity index (χ3n) is 5.74. The van der Waals surface area contributed by atoms with Gasteiger partial charge in [-0.2, -0.15) is 0 Å². The van der Waals surface area contributed by atoms with Crippen molar-refractivity contribution in [1.29, 1.82) is 0 Å². The molecule has 1 saturated heterocycles. The summed E-state index contributed by atoms with van der Waals surface area (Å²) in [5, 5.41) is 7.76. The quantitative estimate of drug-likeness (QED) is 0.279. The van der Waals surface area contributed by atoms with Gasteiger partial charge in [-0.15, -0.1) is 24.0 Å². The van der Waals surface area contributed by atoms with Crippen molar-refractivity contribution in [2.24, 2.45) is 10.9 Å². The van der Waals surface area contributed by atoms with Gasteiger partial charge in [0.25, 0.3) is 0 Å². The molecule has 0 amide bonds. The number of aromatic amines is 1. The second-order valence-corrected chi connectivity index (χ2v) is 7.97. The Morgan fingerprint density at radius 3 is 2.63 bits per heavy atom. The van der Waals surface area contributed by atoms with Crippen LogP contribution in [0.4, 0.5) is 4.39 Å². The molecule has 0 saturated carbocycles. The number of piperazine rings is 1. The summed E-state index contributed by atoms with van der Waals surface area (Å²) in [6, 6.07) is 4.86. The molecule has 0 aliphatic carbocycles. The highest BCUT2D eigenvalue weighted by atomic mass is 127. The van der Waals surface area contributed by atoms with Gasteiger partial charge in [0, 0.05) is 70.0 Å². The van der Waals surface area contributed by atoms with Gasteiger partial charge in [0.2, 0.25) is 0 Å². The Labute approximate surface area is 196 Å². The molecule has 1 atom stereocenters. The number of nitrogens with zero attached hydrogens (tertiary/aromatic N) is 3. The van der Waals surface area contributed by atoms with Crippen molar-refractivity contribution in [3.05, 3.63) is 35.8 Å². The second kappa shape index (κ2) is 12.5. The molecular formula is C22H36FIN6. The normalized spacial score (nSPS) is 17.0. The van der Waals surface area contributed by atoms with Crippen molar-refractivity contribution in [3.8, 4) is 0 Å². The predicted octanol–water partition coefficient (Wildman–Crippen LogP) is 2.91. The van der Waals surface area contributed by atoms with Crippen molar-refractivity contribution >= 4 is 40.8 Å². The number of fused-ring (bicyclic) bond motifs is 1. The van der Waals surface area contributed by atoms with Gasteiger partial charge < -0.3 is 25.4 Å². The predicted molar refractivity (Wildman–Crippen MR) is 134 cm³/mol. The summed E-state index contributed by atoms with van der Waals surface area (Å²) < 4.78 is 13.5. The maximum absolute atomic E-state index is 13.5. The monoisotopic (exact) mass is 530 g/mol. The van der Waals surface area contributed by atoms with Crippen LogP contribution in [0.2, 0.25) is 0 Å². The zero-order valence-electron chi connectivity index (χ0n) is 18.4. The number of aromatic nitrogens is 1. The van der Waals surface area contributed by atoms with Crippen LogP contribution < -0.4 is 10.6 Å². The van der Waals surface area contributed by atoms with Crippen molar-refractivity contribution < 1.29 is 4.39 Å². The molecule has 1 aromatic heterocycles. The first-order valence-electron chi connectivity index (χ1n) is 10.7. The van der Waals surface area contributed by atoms with Crippen LogP contribution in [0.1, 0.15) is 19.4 Å². The van der Waals surface area contributed by atoms with E-state index in [1.807, 2.05) is 6.20 Å². The van der Waals surface area contributed by atoms with Crippen molar-refractivity contribution in [2.75, 3.05) is 59.4 Å². The van der Waals surface area contributed by atoms with E-state index in [4.69, 9.17) is 0 Å². The number of hydrogen-bond acceptors (Lipinski definition) is 3. The molecule has 0 bridgehead atoms. The highest BCUT2D eigenvalue weighted by Crippen LogP contribution is 2.19. The fraction of sp³-hybridized carbons (Fsp3) is 0.591. The first-order valence-corrected chi connectivity index (χ1v) is 10.7. The number of likely N-dealkylation sites (N-methyl/N-ethyl adjacent to an activating group) is 1. The molecule has 168 valence electrons. The number of hydrogen-bond donors (Lipinski definition) is 3. The lowest BCUT2D eigenvalue weighted by Gasteiger charge is -2.35. The highest BCUT2D eigenvalue weighted by Gasteiger charge is 2.17. The molecule has 1 fully saturated rings. The Balaban J connectivity index is 0.00000320. The van der Waals surface area contributed by atoms with Crippen LogP contribution in [-0.2, 0) is 6.42 Å². The van der Waals surface area contributed by atoms with Gasteiger partial charge in [-0.25, -0.2) is 4.39 Å². The molecule has 2 heterocycles. The van der Waals surface area contributed by atoms with E-state index in [0.29, 0.717) is 5.92 Å². The molecule has 1 aliphatic heterocycles. The number of rotatable bonds is 8. The van der Waals surface area contributed by atoms with E-state index >= 15 is 0 Å². The van der Waals surface area contributed by atoms with Crippen LogP contribution in [0.5, 0.6) is 0 Å². The number of guanidine groups is 1. The van der Waals surface area contributed by atoms with Gasteiger partial charge in [0.05, 0.1) is 0 Å². The van der Waals surface area contributed by atoms with Crippen LogP contribution in [0.25, 0.3) is 10.9 Å². The molecule has 30 heavy (non-hydrogen) atoms. The average Bonchev–Trinajstić information content (AvgIpc) is 3.13. The van der Waals surface area contributed by atoms with Gasteiger partial charge >= 0.3 is 0 Å². The van der Waals surface area contributed by atoms with Crippen molar-refractivity contribution in [2.45, 2.75) is 20.3 Å². The minimum atomic E-state index is -0.200. The molecule has 3 rings (SSSR count). The largest absolute Gasteiger partial charge is 0.361 e. The third kappa shape index (κ3) is 7.09. The van der Waals surface area contributed by atoms with E-state index in [9.17, 15) is 4.39 Å². The van der Waals surface area contributed by atoms with Gasteiger partial charge in [-0.05, 0) is 42.6 Å². The van der Waals surface area contributed by atoms with Crippen molar-refractivity contribution in [1.82, 2.24) is 25.4 Å². The zero-order valence-corrected chi connectivity index (χ0v) is 20.7. The van der Waals surface area contributed by atoms with Crippen LogP contribution in [0.3, 0.4) is 0 Å². The summed E-state index contributed by atoms with van der Waals surface area (Å²) in [7, 11) is 1.80. The van der Waals surface area contributed by atoms with Gasteiger partial charge in [0.15, 0.2) is 5.96 Å². The fourth-order valence-electron chi connectivity index (χ4n) is 3.96. The van der Waals surface area contributed by atoms with Crippen LogP contribution in [-0.4, -0.2) is 80.1 Å². The van der Waals surface area contributed by atoms with Gasteiger partial charge in [0.1, 0.15) is 5.82 Å². The first-order chi connectivity index (χ1) is 14.1. The van der Waals surface area contributed by atoms with Crippen LogP contribution in [0, 0.1) is 11.7 Å².